The molecular weight excluding hydrogens is 415 g/mol. The summed E-state index contributed by atoms with van der Waals surface area (Å²) < 4.78 is 40.2. The number of alkyl halides is 3. The minimum Gasteiger partial charge on any atom is -0.475 e. The molecule has 0 unspecified atom stereocenters. The van der Waals surface area contributed by atoms with Crippen LogP contribution in [0.4, 0.5) is 19.1 Å². The van der Waals surface area contributed by atoms with Gasteiger partial charge in [-0.15, -0.1) is 0 Å². The van der Waals surface area contributed by atoms with Crippen LogP contribution in [-0.2, 0) is 23.1 Å². The third-order valence-corrected chi connectivity index (χ3v) is 5.53. The molecule has 0 atom stereocenters. The average Bonchev–Trinajstić information content (AvgIpc) is 3.15. The van der Waals surface area contributed by atoms with Gasteiger partial charge < -0.3 is 19.3 Å². The summed E-state index contributed by atoms with van der Waals surface area (Å²) in [7, 11) is 2.11. The van der Waals surface area contributed by atoms with Crippen molar-refractivity contribution in [2.45, 2.75) is 31.2 Å². The second-order valence-corrected chi connectivity index (χ2v) is 7.69. The largest absolute Gasteiger partial charge is 0.490 e. The Balaban J connectivity index is 0.000000339. The number of aliphatic carboxylic acids is 1. The van der Waals surface area contributed by atoms with Gasteiger partial charge in [-0.3, -0.25) is 4.90 Å². The number of aryl methyl sites for hydroxylation is 1. The second-order valence-electron chi connectivity index (χ2n) is 7.69. The van der Waals surface area contributed by atoms with Crippen LogP contribution >= 0.6 is 0 Å². The predicted molar refractivity (Wildman–Crippen MR) is 107 cm³/mol. The molecule has 2 fully saturated rings. The summed E-state index contributed by atoms with van der Waals surface area (Å²) in [6.45, 7) is 5.71. The van der Waals surface area contributed by atoms with Crippen LogP contribution in [0.25, 0.3) is 0 Å². The van der Waals surface area contributed by atoms with Crippen molar-refractivity contribution in [2.75, 3.05) is 37.7 Å². The Bertz CT molecular complexity index is 851. The molecule has 31 heavy (non-hydrogen) atoms. The number of ether oxygens (including phenoxy) is 1. The highest BCUT2D eigenvalue weighted by Gasteiger charge is 2.40. The van der Waals surface area contributed by atoms with E-state index in [1.807, 2.05) is 18.5 Å². The Kier molecular flexibility index (Phi) is 7.16. The zero-order valence-electron chi connectivity index (χ0n) is 17.3. The van der Waals surface area contributed by atoms with E-state index in [2.05, 4.69) is 49.7 Å². The first-order chi connectivity index (χ1) is 14.7. The van der Waals surface area contributed by atoms with Crippen molar-refractivity contribution in [3.05, 3.63) is 42.5 Å². The van der Waals surface area contributed by atoms with Crippen molar-refractivity contribution < 1.29 is 27.8 Å². The Hall–Kier alpha value is -2.66. The van der Waals surface area contributed by atoms with Crippen LogP contribution in [0.2, 0.25) is 0 Å². The van der Waals surface area contributed by atoms with Crippen molar-refractivity contribution in [1.29, 1.82) is 0 Å². The summed E-state index contributed by atoms with van der Waals surface area (Å²) >= 11 is 0. The summed E-state index contributed by atoms with van der Waals surface area (Å²) in [4.78, 5) is 22.5. The lowest BCUT2D eigenvalue weighted by atomic mass is 9.89. The van der Waals surface area contributed by atoms with Crippen LogP contribution in [0.1, 0.15) is 18.5 Å². The van der Waals surface area contributed by atoms with Gasteiger partial charge in [-0.1, -0.05) is 0 Å². The van der Waals surface area contributed by atoms with Gasteiger partial charge in [0.15, 0.2) is 0 Å². The molecule has 4 rings (SSSR count). The van der Waals surface area contributed by atoms with Gasteiger partial charge in [0, 0.05) is 57.5 Å². The first kappa shape index (κ1) is 23.0. The van der Waals surface area contributed by atoms with Gasteiger partial charge in [-0.05, 0) is 31.0 Å². The molecule has 0 aromatic carbocycles. The lowest BCUT2D eigenvalue weighted by molar-refractivity contribution is -0.192. The Morgan fingerprint density at radius 3 is 2.39 bits per heavy atom. The molecule has 2 aliphatic heterocycles. The van der Waals surface area contributed by atoms with Crippen LogP contribution in [0, 0.1) is 0 Å². The summed E-state index contributed by atoms with van der Waals surface area (Å²) in [6.07, 6.45) is 2.80. The molecule has 170 valence electrons. The number of hydrogen-bond donors (Lipinski definition) is 1. The van der Waals surface area contributed by atoms with E-state index in [0.29, 0.717) is 0 Å². The molecule has 2 aliphatic rings. The third-order valence-electron chi connectivity index (χ3n) is 5.53. The summed E-state index contributed by atoms with van der Waals surface area (Å²) in [6, 6.07) is 6.18. The Labute approximate surface area is 178 Å². The fraction of sp³-hybridized carbons (Fsp3) is 0.550. The molecule has 0 amide bonds. The second kappa shape index (κ2) is 9.65. The molecule has 2 aromatic heterocycles. The van der Waals surface area contributed by atoms with Crippen LogP contribution in [-0.4, -0.2) is 75.1 Å². The third kappa shape index (κ3) is 6.17. The number of nitrogens with zero attached hydrogens (tertiary/aromatic N) is 5. The number of aromatic nitrogens is 3. The van der Waals surface area contributed by atoms with E-state index in [1.54, 1.807) is 0 Å². The van der Waals surface area contributed by atoms with E-state index < -0.39 is 12.1 Å². The van der Waals surface area contributed by atoms with E-state index in [-0.39, 0.29) is 5.60 Å². The van der Waals surface area contributed by atoms with Crippen LogP contribution in [0.5, 0.6) is 0 Å². The van der Waals surface area contributed by atoms with Crippen LogP contribution in [0.3, 0.4) is 0 Å². The van der Waals surface area contributed by atoms with Crippen molar-refractivity contribution in [1.82, 2.24) is 19.4 Å². The fourth-order valence-electron chi connectivity index (χ4n) is 3.78. The summed E-state index contributed by atoms with van der Waals surface area (Å²) in [5.74, 6) is -1.93. The molecule has 2 saturated heterocycles. The summed E-state index contributed by atoms with van der Waals surface area (Å²) in [5, 5.41) is 7.12. The number of anilines is 1. The van der Waals surface area contributed by atoms with Gasteiger partial charge in [0.2, 0.25) is 5.95 Å². The number of morpholine rings is 1. The number of likely N-dealkylation sites (tertiary alicyclic amines) is 1. The minimum atomic E-state index is -5.08. The highest BCUT2D eigenvalue weighted by molar-refractivity contribution is 5.73. The monoisotopic (exact) mass is 441 g/mol. The van der Waals surface area contributed by atoms with Gasteiger partial charge in [0.05, 0.1) is 18.8 Å². The molecule has 11 heteroatoms. The zero-order valence-corrected chi connectivity index (χ0v) is 17.3. The molecule has 4 heterocycles. The highest BCUT2D eigenvalue weighted by Crippen LogP contribution is 2.31. The smallest absolute Gasteiger partial charge is 0.475 e. The number of piperidine rings is 1. The predicted octanol–water partition coefficient (Wildman–Crippen LogP) is 2.32. The van der Waals surface area contributed by atoms with Gasteiger partial charge in [-0.25, -0.2) is 14.8 Å². The van der Waals surface area contributed by atoms with E-state index in [9.17, 15) is 13.2 Å². The first-order valence-electron chi connectivity index (χ1n) is 9.97. The van der Waals surface area contributed by atoms with Crippen LogP contribution in [0.15, 0.2) is 36.8 Å². The molecule has 8 nitrogen and oxygen atoms in total. The van der Waals surface area contributed by atoms with Crippen LogP contribution < -0.4 is 4.90 Å². The number of rotatable bonds is 3. The SMILES string of the molecule is Cn1cccc1CN1CCC2(CC1)CN(c1ncccn1)CCO2.O=C(O)C(F)(F)F. The van der Waals surface area contributed by atoms with Crippen molar-refractivity contribution in [3.63, 3.8) is 0 Å². The number of hydrogen-bond acceptors (Lipinski definition) is 6. The molecule has 0 radical (unpaired) electrons. The Morgan fingerprint density at radius 2 is 1.84 bits per heavy atom. The molecule has 1 N–H and O–H groups in total. The zero-order chi connectivity index (χ0) is 22.5. The topological polar surface area (TPSA) is 83.7 Å². The maximum atomic E-state index is 10.6. The maximum absolute atomic E-state index is 10.6. The lowest BCUT2D eigenvalue weighted by Crippen LogP contribution is -2.57. The standard InChI is InChI=1S/C18H25N5O.C2HF3O2/c1-21-9-2-4-16(21)14-22-10-5-18(6-11-22)15-23(12-13-24-18)17-19-7-3-8-20-17;3-2(4,5)1(6)7/h2-4,7-9H,5-6,10-15H2,1H3;(H,6,7). The van der Waals surface area contributed by atoms with Gasteiger partial charge >= 0.3 is 12.1 Å². The normalized spacial score (nSPS) is 19.0. The number of carbonyl (C=O) groups is 1. The Morgan fingerprint density at radius 1 is 1.19 bits per heavy atom. The van der Waals surface area contributed by atoms with E-state index in [4.69, 9.17) is 14.6 Å². The molecule has 0 bridgehead atoms. The van der Waals surface area contributed by atoms with E-state index in [1.165, 1.54) is 5.69 Å². The van der Waals surface area contributed by atoms with Crippen molar-refractivity contribution in [2.24, 2.45) is 7.05 Å². The van der Waals surface area contributed by atoms with Gasteiger partial charge in [0.25, 0.3) is 0 Å². The average molecular weight is 441 g/mol. The molecular formula is C20H26F3N5O3. The lowest BCUT2D eigenvalue weighted by Gasteiger charge is -2.47. The molecule has 2 aromatic rings. The number of halogens is 3. The molecule has 0 aliphatic carbocycles. The molecule has 0 saturated carbocycles. The van der Waals surface area contributed by atoms with Crippen molar-refractivity contribution in [3.8, 4) is 0 Å². The minimum absolute atomic E-state index is 0.0395. The van der Waals surface area contributed by atoms with E-state index >= 15 is 0 Å². The first-order valence-corrected chi connectivity index (χ1v) is 9.97. The fourth-order valence-corrected chi connectivity index (χ4v) is 3.78. The number of carboxylic acids is 1. The van der Waals surface area contributed by atoms with Gasteiger partial charge in [-0.2, -0.15) is 13.2 Å². The maximum Gasteiger partial charge on any atom is 0.490 e. The highest BCUT2D eigenvalue weighted by atomic mass is 19.4. The summed E-state index contributed by atoms with van der Waals surface area (Å²) in [5.41, 5.74) is 1.33. The van der Waals surface area contributed by atoms with Crippen molar-refractivity contribution >= 4 is 11.9 Å². The van der Waals surface area contributed by atoms with E-state index in [0.717, 1.165) is 58.1 Å². The van der Waals surface area contributed by atoms with Gasteiger partial charge in [0.1, 0.15) is 0 Å². The quantitative estimate of drug-likeness (QED) is 0.783. The number of carboxylic acid groups (broad SMARTS) is 1. The molecule has 1 spiro atoms.